The predicted molar refractivity (Wildman–Crippen MR) is 48.4 cm³/mol. The number of esters is 2. The lowest BCUT2D eigenvalue weighted by Gasteiger charge is -2.27. The zero-order valence-electron chi connectivity index (χ0n) is 8.86. The zero-order valence-corrected chi connectivity index (χ0v) is 8.86. The van der Waals surface area contributed by atoms with Gasteiger partial charge in [0, 0.05) is 0 Å². The molecule has 0 rings (SSSR count). The van der Waals surface area contributed by atoms with Gasteiger partial charge in [-0.3, -0.25) is 4.79 Å². The van der Waals surface area contributed by atoms with Crippen LogP contribution < -0.4 is 0 Å². The summed E-state index contributed by atoms with van der Waals surface area (Å²) in [5, 5.41) is 9.88. The highest BCUT2D eigenvalue weighted by molar-refractivity contribution is 5.85. The maximum atomic E-state index is 11.2. The van der Waals surface area contributed by atoms with E-state index in [0.29, 0.717) is 0 Å². The Labute approximate surface area is 83.0 Å². The van der Waals surface area contributed by atoms with Crippen LogP contribution in [0.25, 0.3) is 0 Å². The summed E-state index contributed by atoms with van der Waals surface area (Å²) in [7, 11) is 2.35. The van der Waals surface area contributed by atoms with E-state index in [1.54, 1.807) is 13.8 Å². The first-order valence-corrected chi connectivity index (χ1v) is 4.26. The third kappa shape index (κ3) is 2.70. The number of methoxy groups -OCH3 is 2. The summed E-state index contributed by atoms with van der Waals surface area (Å²) in [5.41, 5.74) is -1.80. The molecule has 0 saturated carbocycles. The fraction of sp³-hybridized carbons (Fsp3) is 0.778. The number of ether oxygens (including phenoxy) is 2. The first kappa shape index (κ1) is 12.9. The molecule has 5 nitrogen and oxygen atoms in total. The van der Waals surface area contributed by atoms with E-state index in [4.69, 9.17) is 0 Å². The maximum absolute atomic E-state index is 11.2. The van der Waals surface area contributed by atoms with Crippen molar-refractivity contribution in [2.45, 2.75) is 25.9 Å². The van der Waals surface area contributed by atoms with Crippen LogP contribution in [0.15, 0.2) is 0 Å². The zero-order chi connectivity index (χ0) is 11.4. The summed E-state index contributed by atoms with van der Waals surface area (Å²) in [6.07, 6.45) is -0.395. The molecule has 0 aromatic rings. The van der Waals surface area contributed by atoms with Crippen LogP contribution in [0.2, 0.25) is 0 Å². The van der Waals surface area contributed by atoms with Crippen molar-refractivity contribution in [2.24, 2.45) is 5.92 Å². The molecule has 0 radical (unpaired) electrons. The van der Waals surface area contributed by atoms with E-state index in [2.05, 4.69) is 9.47 Å². The third-order valence-electron chi connectivity index (χ3n) is 2.14. The Hall–Kier alpha value is -1.10. The van der Waals surface area contributed by atoms with Crippen molar-refractivity contribution in [1.29, 1.82) is 0 Å². The van der Waals surface area contributed by atoms with Crippen LogP contribution in [0, 0.1) is 5.92 Å². The van der Waals surface area contributed by atoms with Crippen LogP contribution in [-0.4, -0.2) is 36.9 Å². The maximum Gasteiger partial charge on any atom is 0.338 e. The Morgan fingerprint density at radius 3 is 2.07 bits per heavy atom. The molecular formula is C9H16O5. The van der Waals surface area contributed by atoms with Crippen LogP contribution in [-0.2, 0) is 19.1 Å². The molecule has 0 aliphatic carbocycles. The van der Waals surface area contributed by atoms with Crippen molar-refractivity contribution >= 4 is 11.9 Å². The first-order chi connectivity index (χ1) is 6.38. The second kappa shape index (κ2) is 4.95. The smallest absolute Gasteiger partial charge is 0.338 e. The fourth-order valence-corrected chi connectivity index (χ4v) is 0.981. The molecule has 82 valence electrons. The van der Waals surface area contributed by atoms with Gasteiger partial charge >= 0.3 is 11.9 Å². The van der Waals surface area contributed by atoms with Crippen LogP contribution >= 0.6 is 0 Å². The van der Waals surface area contributed by atoms with Gasteiger partial charge in [-0.25, -0.2) is 4.79 Å². The molecule has 0 aromatic carbocycles. The van der Waals surface area contributed by atoms with Gasteiger partial charge in [0.15, 0.2) is 5.60 Å². The lowest BCUT2D eigenvalue weighted by molar-refractivity contribution is -0.174. The summed E-state index contributed by atoms with van der Waals surface area (Å²) in [6.45, 7) is 3.25. The highest BCUT2D eigenvalue weighted by Gasteiger charge is 2.43. The Bertz CT molecular complexity index is 223. The number of carbonyl (C=O) groups excluding carboxylic acids is 2. The SMILES string of the molecule is COC(=O)CC(O)(C(=O)OC)C(C)C. The summed E-state index contributed by atoms with van der Waals surface area (Å²) >= 11 is 0. The number of aliphatic hydroxyl groups is 1. The molecule has 0 fully saturated rings. The second-order valence-corrected chi connectivity index (χ2v) is 3.32. The molecule has 0 aliphatic heterocycles. The van der Waals surface area contributed by atoms with Gasteiger partial charge in [-0.1, -0.05) is 13.8 Å². The lowest BCUT2D eigenvalue weighted by atomic mass is 9.87. The molecule has 1 N–H and O–H groups in total. The van der Waals surface area contributed by atoms with Gasteiger partial charge in [0.2, 0.25) is 0 Å². The minimum Gasteiger partial charge on any atom is -0.469 e. The van der Waals surface area contributed by atoms with E-state index in [-0.39, 0.29) is 0 Å². The standard InChI is InChI=1S/C9H16O5/c1-6(2)9(12,8(11)14-4)5-7(10)13-3/h6,12H,5H2,1-4H3. The topological polar surface area (TPSA) is 72.8 Å². The Balaban J connectivity index is 4.73. The quantitative estimate of drug-likeness (QED) is 0.658. The van der Waals surface area contributed by atoms with Crippen LogP contribution in [0.5, 0.6) is 0 Å². The van der Waals surface area contributed by atoms with Crippen LogP contribution in [0.3, 0.4) is 0 Å². The average Bonchev–Trinajstić information content (AvgIpc) is 2.15. The van der Waals surface area contributed by atoms with Crippen LogP contribution in [0.1, 0.15) is 20.3 Å². The predicted octanol–water partition coefficient (Wildman–Crippen LogP) is 0.110. The van der Waals surface area contributed by atoms with Gasteiger partial charge in [-0.2, -0.15) is 0 Å². The summed E-state index contributed by atoms with van der Waals surface area (Å²) in [5.74, 6) is -1.89. The summed E-state index contributed by atoms with van der Waals surface area (Å²) < 4.78 is 8.81. The van der Waals surface area contributed by atoms with E-state index in [1.165, 1.54) is 7.11 Å². The number of rotatable bonds is 4. The van der Waals surface area contributed by atoms with Crippen molar-refractivity contribution in [3.8, 4) is 0 Å². The average molecular weight is 204 g/mol. The van der Waals surface area contributed by atoms with Crippen molar-refractivity contribution < 1.29 is 24.2 Å². The Kier molecular flexibility index (Phi) is 4.56. The molecule has 0 saturated heterocycles. The van der Waals surface area contributed by atoms with Gasteiger partial charge in [0.05, 0.1) is 20.6 Å². The van der Waals surface area contributed by atoms with Gasteiger partial charge in [-0.15, -0.1) is 0 Å². The molecule has 14 heavy (non-hydrogen) atoms. The molecule has 0 heterocycles. The molecule has 1 atom stereocenters. The van der Waals surface area contributed by atoms with Crippen molar-refractivity contribution in [3.63, 3.8) is 0 Å². The second-order valence-electron chi connectivity index (χ2n) is 3.32. The molecule has 0 aliphatic rings. The normalized spacial score (nSPS) is 14.7. The number of hydrogen-bond donors (Lipinski definition) is 1. The van der Waals surface area contributed by atoms with E-state index < -0.39 is 29.9 Å². The fourth-order valence-electron chi connectivity index (χ4n) is 0.981. The molecular weight excluding hydrogens is 188 g/mol. The van der Waals surface area contributed by atoms with Crippen molar-refractivity contribution in [3.05, 3.63) is 0 Å². The van der Waals surface area contributed by atoms with E-state index in [0.717, 1.165) is 7.11 Å². The molecule has 0 amide bonds. The monoisotopic (exact) mass is 204 g/mol. The van der Waals surface area contributed by atoms with E-state index in [9.17, 15) is 14.7 Å². The van der Waals surface area contributed by atoms with Crippen molar-refractivity contribution in [1.82, 2.24) is 0 Å². The molecule has 0 spiro atoms. The molecule has 0 aromatic heterocycles. The Morgan fingerprint density at radius 2 is 1.79 bits per heavy atom. The lowest BCUT2D eigenvalue weighted by Crippen LogP contribution is -2.46. The molecule has 5 heteroatoms. The van der Waals surface area contributed by atoms with Gasteiger partial charge in [0.1, 0.15) is 0 Å². The minimum atomic E-state index is -1.80. The summed E-state index contributed by atoms with van der Waals surface area (Å²) in [6, 6.07) is 0. The van der Waals surface area contributed by atoms with E-state index >= 15 is 0 Å². The van der Waals surface area contributed by atoms with Gasteiger partial charge in [-0.05, 0) is 5.92 Å². The molecule has 0 bridgehead atoms. The minimum absolute atomic E-state index is 0.395. The number of hydrogen-bond acceptors (Lipinski definition) is 5. The highest BCUT2D eigenvalue weighted by atomic mass is 16.5. The summed E-state index contributed by atoms with van der Waals surface area (Å²) in [4.78, 5) is 22.2. The van der Waals surface area contributed by atoms with Crippen LogP contribution in [0.4, 0.5) is 0 Å². The largest absolute Gasteiger partial charge is 0.469 e. The van der Waals surface area contributed by atoms with Gasteiger partial charge in [0.25, 0.3) is 0 Å². The van der Waals surface area contributed by atoms with Crippen molar-refractivity contribution in [2.75, 3.05) is 14.2 Å². The third-order valence-corrected chi connectivity index (χ3v) is 2.14. The molecule has 1 unspecified atom stereocenters. The number of carbonyl (C=O) groups is 2. The van der Waals surface area contributed by atoms with E-state index in [1.807, 2.05) is 0 Å². The highest BCUT2D eigenvalue weighted by Crippen LogP contribution is 2.23. The van der Waals surface area contributed by atoms with Gasteiger partial charge < -0.3 is 14.6 Å². The Morgan fingerprint density at radius 1 is 1.29 bits per heavy atom. The first-order valence-electron chi connectivity index (χ1n) is 4.26.